The van der Waals surface area contributed by atoms with E-state index in [-0.39, 0.29) is 23.1 Å². The molecule has 20 heavy (non-hydrogen) atoms. The number of hydrogen-bond donors (Lipinski definition) is 1. The molecular formula is C12H19N3O4S. The zero-order valence-electron chi connectivity index (χ0n) is 11.5. The molecule has 0 spiro atoms. The maximum absolute atomic E-state index is 11.4. The minimum Gasteiger partial charge on any atom is -0.370 e. The molecule has 1 aromatic heterocycles. The number of ether oxygens (including phenoxy) is 1. The first-order chi connectivity index (χ1) is 9.53. The molecule has 112 valence electrons. The average Bonchev–Trinajstić information content (AvgIpc) is 2.93. The maximum Gasteiger partial charge on any atom is 0.240 e. The standard InChI is InChI=1S/C12H19N3O4S/c1-18-12(4-2-5-12)11-14-10(19-15-11)7-13-9-3-6-20(16,17)8-9/h9,13H,2-8H2,1H3. The summed E-state index contributed by atoms with van der Waals surface area (Å²) in [4.78, 5) is 4.36. The molecule has 0 aromatic carbocycles. The first kappa shape index (κ1) is 14.0. The van der Waals surface area contributed by atoms with Crippen molar-refractivity contribution in [2.75, 3.05) is 18.6 Å². The lowest BCUT2D eigenvalue weighted by atomic mass is 9.79. The zero-order chi connectivity index (χ0) is 14.2. The normalized spacial score (nSPS) is 27.4. The van der Waals surface area contributed by atoms with Crippen molar-refractivity contribution >= 4 is 9.84 Å². The Labute approximate surface area is 118 Å². The maximum atomic E-state index is 11.4. The first-order valence-corrected chi connectivity index (χ1v) is 8.67. The van der Waals surface area contributed by atoms with Gasteiger partial charge in [-0.3, -0.25) is 0 Å². The lowest BCUT2D eigenvalue weighted by molar-refractivity contribution is -0.0858. The summed E-state index contributed by atoms with van der Waals surface area (Å²) in [6.45, 7) is 0.396. The van der Waals surface area contributed by atoms with Crippen LogP contribution in [-0.4, -0.2) is 43.2 Å². The molecule has 3 rings (SSSR count). The van der Waals surface area contributed by atoms with E-state index >= 15 is 0 Å². The van der Waals surface area contributed by atoms with E-state index < -0.39 is 9.84 Å². The van der Waals surface area contributed by atoms with E-state index in [0.717, 1.165) is 19.3 Å². The van der Waals surface area contributed by atoms with Crippen LogP contribution >= 0.6 is 0 Å². The van der Waals surface area contributed by atoms with Gasteiger partial charge in [-0.05, 0) is 25.7 Å². The number of hydrogen-bond acceptors (Lipinski definition) is 7. The van der Waals surface area contributed by atoms with Crippen LogP contribution in [0.5, 0.6) is 0 Å². The molecule has 1 saturated carbocycles. The lowest BCUT2D eigenvalue weighted by Crippen LogP contribution is -2.37. The summed E-state index contributed by atoms with van der Waals surface area (Å²) in [6, 6.07) is -0.0181. The molecule has 1 aliphatic carbocycles. The summed E-state index contributed by atoms with van der Waals surface area (Å²) >= 11 is 0. The molecule has 1 aliphatic heterocycles. The SMILES string of the molecule is COC1(c2noc(CNC3CCS(=O)(=O)C3)n2)CCC1. The first-order valence-electron chi connectivity index (χ1n) is 6.85. The molecule has 2 aliphatic rings. The zero-order valence-corrected chi connectivity index (χ0v) is 12.3. The summed E-state index contributed by atoms with van der Waals surface area (Å²) in [6.07, 6.45) is 3.58. The van der Waals surface area contributed by atoms with E-state index in [2.05, 4.69) is 15.5 Å². The van der Waals surface area contributed by atoms with Crippen molar-refractivity contribution < 1.29 is 17.7 Å². The highest BCUT2D eigenvalue weighted by Gasteiger charge is 2.43. The van der Waals surface area contributed by atoms with Crippen LogP contribution in [-0.2, 0) is 26.7 Å². The van der Waals surface area contributed by atoms with Gasteiger partial charge in [0.1, 0.15) is 5.60 Å². The molecular weight excluding hydrogens is 282 g/mol. The smallest absolute Gasteiger partial charge is 0.240 e. The molecule has 8 heteroatoms. The van der Waals surface area contributed by atoms with Gasteiger partial charge in [-0.25, -0.2) is 8.42 Å². The number of nitrogens with one attached hydrogen (secondary N) is 1. The van der Waals surface area contributed by atoms with Gasteiger partial charge in [0.05, 0.1) is 18.1 Å². The largest absolute Gasteiger partial charge is 0.370 e. The topological polar surface area (TPSA) is 94.3 Å². The van der Waals surface area contributed by atoms with Crippen molar-refractivity contribution in [2.45, 2.75) is 43.9 Å². The lowest BCUT2D eigenvalue weighted by Gasteiger charge is -2.37. The van der Waals surface area contributed by atoms with Crippen LogP contribution in [0.15, 0.2) is 4.52 Å². The minimum atomic E-state index is -2.87. The molecule has 1 atom stereocenters. The third-order valence-electron chi connectivity index (χ3n) is 4.20. The summed E-state index contributed by atoms with van der Waals surface area (Å²) in [5.74, 6) is 1.53. The van der Waals surface area contributed by atoms with E-state index in [1.54, 1.807) is 7.11 Å². The highest BCUT2D eigenvalue weighted by molar-refractivity contribution is 7.91. The van der Waals surface area contributed by atoms with Crippen molar-refractivity contribution in [3.63, 3.8) is 0 Å². The van der Waals surface area contributed by atoms with Crippen molar-refractivity contribution in [2.24, 2.45) is 0 Å². The van der Waals surface area contributed by atoms with E-state index in [4.69, 9.17) is 9.26 Å². The number of sulfone groups is 1. The Balaban J connectivity index is 1.58. The molecule has 1 aromatic rings. The Morgan fingerprint density at radius 3 is 2.85 bits per heavy atom. The molecule has 7 nitrogen and oxygen atoms in total. The van der Waals surface area contributed by atoms with Crippen LogP contribution in [0.4, 0.5) is 0 Å². The van der Waals surface area contributed by atoms with Gasteiger partial charge in [0.15, 0.2) is 9.84 Å². The molecule has 1 saturated heterocycles. The fraction of sp³-hybridized carbons (Fsp3) is 0.833. The molecule has 0 amide bonds. The van der Waals surface area contributed by atoms with Crippen LogP contribution in [0.3, 0.4) is 0 Å². The van der Waals surface area contributed by atoms with Crippen molar-refractivity contribution in [3.05, 3.63) is 11.7 Å². The van der Waals surface area contributed by atoms with E-state index in [1.165, 1.54) is 0 Å². The fourth-order valence-electron chi connectivity index (χ4n) is 2.72. The van der Waals surface area contributed by atoms with Crippen LogP contribution < -0.4 is 5.32 Å². The Hall–Kier alpha value is -0.990. The number of nitrogens with zero attached hydrogens (tertiary/aromatic N) is 2. The Morgan fingerprint density at radius 1 is 1.50 bits per heavy atom. The molecule has 1 unspecified atom stereocenters. The summed E-state index contributed by atoms with van der Waals surface area (Å²) in [5.41, 5.74) is -0.377. The number of methoxy groups -OCH3 is 1. The highest BCUT2D eigenvalue weighted by Crippen LogP contribution is 2.42. The van der Waals surface area contributed by atoms with Gasteiger partial charge in [-0.1, -0.05) is 5.16 Å². The van der Waals surface area contributed by atoms with E-state index in [1.807, 2.05) is 0 Å². The van der Waals surface area contributed by atoms with Gasteiger partial charge < -0.3 is 14.6 Å². The van der Waals surface area contributed by atoms with Crippen molar-refractivity contribution in [1.82, 2.24) is 15.5 Å². The fourth-order valence-corrected chi connectivity index (χ4v) is 4.42. The molecule has 0 bridgehead atoms. The summed E-state index contributed by atoms with van der Waals surface area (Å²) < 4.78 is 33.4. The third-order valence-corrected chi connectivity index (χ3v) is 5.97. The Morgan fingerprint density at radius 2 is 2.30 bits per heavy atom. The van der Waals surface area contributed by atoms with Crippen LogP contribution in [0, 0.1) is 0 Å². The highest BCUT2D eigenvalue weighted by atomic mass is 32.2. The summed E-state index contributed by atoms with van der Waals surface area (Å²) in [5, 5.41) is 7.14. The van der Waals surface area contributed by atoms with Crippen LogP contribution in [0.1, 0.15) is 37.4 Å². The predicted octanol–water partition coefficient (Wildman–Crippen LogP) is 0.372. The second-order valence-electron chi connectivity index (χ2n) is 5.54. The molecule has 2 heterocycles. The van der Waals surface area contributed by atoms with Crippen LogP contribution in [0.2, 0.25) is 0 Å². The van der Waals surface area contributed by atoms with Gasteiger partial charge in [-0.2, -0.15) is 4.98 Å². The number of aromatic nitrogens is 2. The molecule has 2 fully saturated rings. The third kappa shape index (κ3) is 2.59. The van der Waals surface area contributed by atoms with Gasteiger partial charge >= 0.3 is 0 Å². The van der Waals surface area contributed by atoms with Gasteiger partial charge in [-0.15, -0.1) is 0 Å². The quantitative estimate of drug-likeness (QED) is 0.839. The molecule has 1 N–H and O–H groups in total. The van der Waals surface area contributed by atoms with Gasteiger partial charge in [0, 0.05) is 13.2 Å². The van der Waals surface area contributed by atoms with Crippen LogP contribution in [0.25, 0.3) is 0 Å². The van der Waals surface area contributed by atoms with Crippen molar-refractivity contribution in [1.29, 1.82) is 0 Å². The van der Waals surface area contributed by atoms with Gasteiger partial charge in [0.2, 0.25) is 11.7 Å². The average molecular weight is 301 g/mol. The Bertz CT molecular complexity index is 574. The van der Waals surface area contributed by atoms with E-state index in [9.17, 15) is 8.42 Å². The second kappa shape index (κ2) is 5.09. The molecule has 0 radical (unpaired) electrons. The second-order valence-corrected chi connectivity index (χ2v) is 7.77. The van der Waals surface area contributed by atoms with Gasteiger partial charge in [0.25, 0.3) is 0 Å². The summed E-state index contributed by atoms with van der Waals surface area (Å²) in [7, 11) is -1.20. The predicted molar refractivity (Wildman–Crippen MR) is 70.7 cm³/mol. The number of rotatable bonds is 5. The van der Waals surface area contributed by atoms with E-state index in [0.29, 0.717) is 24.7 Å². The minimum absolute atomic E-state index is 0.0181. The monoisotopic (exact) mass is 301 g/mol. The Kier molecular flexibility index (Phi) is 3.55. The van der Waals surface area contributed by atoms with Crippen molar-refractivity contribution in [3.8, 4) is 0 Å².